The van der Waals surface area contributed by atoms with E-state index in [9.17, 15) is 9.59 Å². The molecule has 0 unspecified atom stereocenters. The maximum atomic E-state index is 14.9. The number of nitrogens with zero attached hydrogens (tertiary/aromatic N) is 3. The first-order valence-corrected chi connectivity index (χ1v) is 18.6. The van der Waals surface area contributed by atoms with Crippen molar-refractivity contribution in [1.82, 2.24) is 19.5 Å². The van der Waals surface area contributed by atoms with Crippen LogP contribution in [0.25, 0.3) is 22.5 Å². The third-order valence-corrected chi connectivity index (χ3v) is 12.6. The Kier molecular flexibility index (Phi) is 7.30. The van der Waals surface area contributed by atoms with Crippen LogP contribution in [0.2, 0.25) is 0 Å². The highest BCUT2D eigenvalue weighted by atomic mass is 32.2. The smallest absolute Gasteiger partial charge is 0.258 e. The van der Waals surface area contributed by atoms with Crippen molar-refractivity contribution in [3.8, 4) is 22.5 Å². The standard InChI is InChI=1S/C41H40N4O2S/c46-37-33-35(30-17-7-5-15-28(30)23-40(33)21-11-12-22-40)42-32(43-37)26-48-39-44-36-31-18-8-6-16-29(31)24-41(19-9-2-10-20-41)34(36)38(47)45(39)25-27-13-3-1-4-14-27/h1,3-8,13-18H,2,9-12,19-26H2,(H,42,43,46). The van der Waals surface area contributed by atoms with Crippen molar-refractivity contribution in [2.24, 2.45) is 0 Å². The molecule has 6 nitrogen and oxygen atoms in total. The third kappa shape index (κ3) is 4.84. The lowest BCUT2D eigenvalue weighted by atomic mass is 9.62. The van der Waals surface area contributed by atoms with Crippen molar-refractivity contribution >= 4 is 11.8 Å². The number of thioether (sulfide) groups is 1. The van der Waals surface area contributed by atoms with Crippen molar-refractivity contribution in [3.05, 3.63) is 133 Å². The molecule has 2 fully saturated rings. The maximum absolute atomic E-state index is 14.9. The maximum Gasteiger partial charge on any atom is 0.258 e. The molecular formula is C41H40N4O2S. The van der Waals surface area contributed by atoms with E-state index in [0.717, 1.165) is 103 Å². The van der Waals surface area contributed by atoms with Crippen LogP contribution in [0.3, 0.4) is 0 Å². The van der Waals surface area contributed by atoms with Crippen LogP contribution in [0.15, 0.2) is 93.6 Å². The van der Waals surface area contributed by atoms with Crippen LogP contribution in [0.1, 0.15) is 91.4 Å². The molecule has 0 aliphatic heterocycles. The molecule has 2 spiro atoms. The monoisotopic (exact) mass is 652 g/mol. The normalized spacial score (nSPS) is 18.2. The molecule has 0 amide bonds. The van der Waals surface area contributed by atoms with Gasteiger partial charge >= 0.3 is 0 Å². The van der Waals surface area contributed by atoms with Crippen molar-refractivity contribution in [3.63, 3.8) is 0 Å². The van der Waals surface area contributed by atoms with E-state index < -0.39 is 0 Å². The van der Waals surface area contributed by atoms with E-state index in [4.69, 9.17) is 9.97 Å². The SMILES string of the molecule is O=c1[nH]c(CSc2nc3c(c(=O)n2Cc2ccccc2)C2(CCCCC2)Cc2ccccc2-3)nc2c1C1(CCCC1)Cc1ccccc1-2. The van der Waals surface area contributed by atoms with E-state index in [-0.39, 0.29) is 21.9 Å². The first-order chi connectivity index (χ1) is 23.5. The van der Waals surface area contributed by atoms with Crippen LogP contribution in [-0.4, -0.2) is 19.5 Å². The lowest BCUT2D eigenvalue weighted by Crippen LogP contribution is -2.43. The highest BCUT2D eigenvalue weighted by Crippen LogP contribution is 2.51. The minimum Gasteiger partial charge on any atom is -0.310 e. The highest BCUT2D eigenvalue weighted by Gasteiger charge is 2.45. The minimum absolute atomic E-state index is 0.0137. The summed E-state index contributed by atoms with van der Waals surface area (Å²) in [7, 11) is 0. The Balaban J connectivity index is 1.17. The van der Waals surface area contributed by atoms with Crippen LogP contribution >= 0.6 is 11.8 Å². The van der Waals surface area contributed by atoms with E-state index in [1.807, 2.05) is 28.8 Å². The van der Waals surface area contributed by atoms with Gasteiger partial charge in [0.25, 0.3) is 11.1 Å². The fraction of sp³-hybridized carbons (Fsp3) is 0.366. The Bertz CT molecular complexity index is 2160. The van der Waals surface area contributed by atoms with Gasteiger partial charge in [-0.15, -0.1) is 0 Å². The molecule has 0 bridgehead atoms. The third-order valence-electron chi connectivity index (χ3n) is 11.7. The molecule has 4 aliphatic carbocycles. The summed E-state index contributed by atoms with van der Waals surface area (Å²) in [5.41, 5.74) is 9.00. The van der Waals surface area contributed by atoms with Crippen molar-refractivity contribution in [1.29, 1.82) is 0 Å². The number of fused-ring (bicyclic) bond motifs is 8. The lowest BCUT2D eigenvalue weighted by molar-refractivity contribution is 0.282. The number of H-pyrrole nitrogens is 1. The summed E-state index contributed by atoms with van der Waals surface area (Å²) in [5, 5.41) is 0.665. The topological polar surface area (TPSA) is 80.6 Å². The molecule has 242 valence electrons. The van der Waals surface area contributed by atoms with Crippen LogP contribution in [0, 0.1) is 0 Å². The van der Waals surface area contributed by atoms with Crippen LogP contribution in [-0.2, 0) is 36.0 Å². The molecule has 0 saturated heterocycles. The van der Waals surface area contributed by atoms with Gasteiger partial charge < -0.3 is 4.98 Å². The number of rotatable bonds is 5. The fourth-order valence-electron chi connectivity index (χ4n) is 9.48. The zero-order valence-corrected chi connectivity index (χ0v) is 28.1. The van der Waals surface area contributed by atoms with Gasteiger partial charge in [-0.3, -0.25) is 14.2 Å². The van der Waals surface area contributed by atoms with Crippen molar-refractivity contribution in [2.45, 2.75) is 98.9 Å². The number of hydrogen-bond acceptors (Lipinski definition) is 5. The lowest BCUT2D eigenvalue weighted by Gasteiger charge is -2.42. The molecule has 0 atom stereocenters. The predicted octanol–water partition coefficient (Wildman–Crippen LogP) is 8.13. The fourth-order valence-corrected chi connectivity index (χ4v) is 10.3. The highest BCUT2D eigenvalue weighted by molar-refractivity contribution is 7.98. The number of aromatic nitrogens is 4. The number of nitrogens with one attached hydrogen (secondary N) is 1. The Morgan fingerprint density at radius 1 is 0.667 bits per heavy atom. The largest absolute Gasteiger partial charge is 0.310 e. The van der Waals surface area contributed by atoms with E-state index in [0.29, 0.717) is 23.3 Å². The molecule has 1 N–H and O–H groups in total. The van der Waals surface area contributed by atoms with E-state index in [1.165, 1.54) is 29.3 Å². The van der Waals surface area contributed by atoms with E-state index in [2.05, 4.69) is 59.6 Å². The average Bonchev–Trinajstić information content (AvgIpc) is 3.57. The van der Waals surface area contributed by atoms with Crippen LogP contribution < -0.4 is 11.1 Å². The van der Waals surface area contributed by atoms with Gasteiger partial charge in [0.1, 0.15) is 5.82 Å². The number of aromatic amines is 1. The number of benzene rings is 3. The first-order valence-electron chi connectivity index (χ1n) is 17.7. The summed E-state index contributed by atoms with van der Waals surface area (Å²) in [5.74, 6) is 1.03. The molecule has 9 rings (SSSR count). The van der Waals surface area contributed by atoms with Gasteiger partial charge in [0, 0.05) is 22.0 Å². The van der Waals surface area contributed by atoms with E-state index in [1.54, 1.807) is 0 Å². The summed E-state index contributed by atoms with van der Waals surface area (Å²) < 4.78 is 1.89. The summed E-state index contributed by atoms with van der Waals surface area (Å²) in [6.07, 6.45) is 11.7. The average molecular weight is 653 g/mol. The molecule has 4 aliphatic rings. The van der Waals surface area contributed by atoms with Gasteiger partial charge in [0.05, 0.1) is 34.8 Å². The van der Waals surface area contributed by atoms with Gasteiger partial charge in [0.15, 0.2) is 5.16 Å². The Labute approximate surface area is 285 Å². The van der Waals surface area contributed by atoms with Gasteiger partial charge in [-0.1, -0.05) is 123 Å². The quantitative estimate of drug-likeness (QED) is 0.153. The second-order valence-electron chi connectivity index (χ2n) is 14.5. The summed E-state index contributed by atoms with van der Waals surface area (Å²) in [4.78, 5) is 42.6. The molecule has 3 aromatic carbocycles. The Morgan fingerprint density at radius 2 is 1.23 bits per heavy atom. The summed E-state index contributed by atoms with van der Waals surface area (Å²) in [6, 6.07) is 27.2. The molecule has 2 heterocycles. The molecule has 5 aromatic rings. The van der Waals surface area contributed by atoms with Gasteiger partial charge in [0.2, 0.25) is 0 Å². The first kappa shape index (κ1) is 29.9. The van der Waals surface area contributed by atoms with Gasteiger partial charge in [-0.2, -0.15) is 0 Å². The molecule has 2 saturated carbocycles. The van der Waals surface area contributed by atoms with Crippen LogP contribution in [0.4, 0.5) is 0 Å². The van der Waals surface area contributed by atoms with Crippen LogP contribution in [0.5, 0.6) is 0 Å². The number of hydrogen-bond donors (Lipinski definition) is 1. The zero-order valence-electron chi connectivity index (χ0n) is 27.3. The van der Waals surface area contributed by atoms with Crippen molar-refractivity contribution < 1.29 is 0 Å². The predicted molar refractivity (Wildman–Crippen MR) is 192 cm³/mol. The Hall–Kier alpha value is -4.23. The molecular weight excluding hydrogens is 613 g/mol. The molecule has 2 aromatic heterocycles. The zero-order chi connectivity index (χ0) is 32.3. The second-order valence-corrected chi connectivity index (χ2v) is 15.5. The van der Waals surface area contributed by atoms with E-state index >= 15 is 0 Å². The van der Waals surface area contributed by atoms with Crippen molar-refractivity contribution in [2.75, 3.05) is 0 Å². The minimum atomic E-state index is -0.178. The Morgan fingerprint density at radius 3 is 1.90 bits per heavy atom. The molecule has 48 heavy (non-hydrogen) atoms. The van der Waals surface area contributed by atoms with Gasteiger partial charge in [-0.25, -0.2) is 9.97 Å². The molecule has 0 radical (unpaired) electrons. The second kappa shape index (κ2) is 11.7. The summed E-state index contributed by atoms with van der Waals surface area (Å²) in [6.45, 7) is 0.448. The molecule has 7 heteroatoms. The van der Waals surface area contributed by atoms with Gasteiger partial charge in [-0.05, 0) is 55.2 Å². The summed E-state index contributed by atoms with van der Waals surface area (Å²) >= 11 is 1.50.